The summed E-state index contributed by atoms with van der Waals surface area (Å²) >= 11 is 4.84. The zero-order valence-electron chi connectivity index (χ0n) is 9.50. The Kier molecular flexibility index (Phi) is 3.75. The van der Waals surface area contributed by atoms with E-state index in [1.165, 1.54) is 5.37 Å². The maximum Gasteiger partial charge on any atom is 0.234 e. The van der Waals surface area contributed by atoms with Crippen LogP contribution in [0.1, 0.15) is 26.3 Å². The third-order valence-corrected chi connectivity index (χ3v) is 2.83. The molecule has 0 saturated heterocycles. The molecule has 2 aromatic carbocycles. The van der Waals surface area contributed by atoms with Gasteiger partial charge >= 0.3 is 0 Å². The normalized spacial score (nSPS) is 9.78. The molecule has 0 heterocycles. The lowest BCUT2D eigenvalue weighted by atomic mass is 9.98. The van der Waals surface area contributed by atoms with Crippen LogP contribution in [0.5, 0.6) is 0 Å². The molecule has 0 aliphatic heterocycles. The molecular formula is C15H10O2S. The van der Waals surface area contributed by atoms with Crippen LogP contribution in [0.25, 0.3) is 0 Å². The fourth-order valence-corrected chi connectivity index (χ4v) is 1.86. The van der Waals surface area contributed by atoms with Crippen molar-refractivity contribution < 1.29 is 9.59 Å². The molecular weight excluding hydrogens is 244 g/mol. The van der Waals surface area contributed by atoms with Gasteiger partial charge in [-0.05, 0) is 5.56 Å². The van der Waals surface area contributed by atoms with Gasteiger partial charge < -0.3 is 0 Å². The Bertz CT molecular complexity index is 603. The molecule has 0 N–H and O–H groups in total. The van der Waals surface area contributed by atoms with Crippen LogP contribution in [0.2, 0.25) is 0 Å². The van der Waals surface area contributed by atoms with Gasteiger partial charge in [0.05, 0.1) is 0 Å². The highest BCUT2D eigenvalue weighted by Crippen LogP contribution is 2.11. The Morgan fingerprint density at radius 2 is 1.44 bits per heavy atom. The van der Waals surface area contributed by atoms with Gasteiger partial charge in [-0.3, -0.25) is 9.59 Å². The molecule has 0 spiro atoms. The summed E-state index contributed by atoms with van der Waals surface area (Å²) in [5.74, 6) is -1.04. The largest absolute Gasteiger partial charge is 0.285 e. The Morgan fingerprint density at radius 3 is 2.11 bits per heavy atom. The second-order valence-electron chi connectivity index (χ2n) is 3.73. The Hall–Kier alpha value is -2.13. The zero-order valence-corrected chi connectivity index (χ0v) is 10.3. The molecule has 0 aromatic heterocycles. The van der Waals surface area contributed by atoms with Crippen molar-refractivity contribution in [3.8, 4) is 0 Å². The zero-order chi connectivity index (χ0) is 13.0. The number of rotatable bonds is 4. The molecule has 0 atom stereocenters. The first-order valence-corrected chi connectivity index (χ1v) is 5.89. The minimum atomic E-state index is -0.530. The van der Waals surface area contributed by atoms with E-state index in [0.717, 1.165) is 0 Å². The van der Waals surface area contributed by atoms with Crippen LogP contribution < -0.4 is 0 Å². The predicted molar refractivity (Wildman–Crippen MR) is 74.3 cm³/mol. The minimum absolute atomic E-state index is 0.348. The highest BCUT2D eigenvalue weighted by atomic mass is 32.1. The molecule has 88 valence electrons. The van der Waals surface area contributed by atoms with Crippen molar-refractivity contribution in [1.82, 2.24) is 0 Å². The van der Waals surface area contributed by atoms with Crippen molar-refractivity contribution >= 4 is 29.2 Å². The van der Waals surface area contributed by atoms with E-state index < -0.39 is 11.6 Å². The van der Waals surface area contributed by atoms with E-state index in [0.29, 0.717) is 16.7 Å². The molecule has 2 rings (SSSR count). The first-order chi connectivity index (χ1) is 8.74. The molecule has 0 aliphatic rings. The quantitative estimate of drug-likeness (QED) is 0.477. The second kappa shape index (κ2) is 5.47. The van der Waals surface area contributed by atoms with E-state index >= 15 is 0 Å². The van der Waals surface area contributed by atoms with E-state index in [-0.39, 0.29) is 0 Å². The summed E-state index contributed by atoms with van der Waals surface area (Å²) in [5.41, 5.74) is 1.34. The van der Waals surface area contributed by atoms with Gasteiger partial charge in [0, 0.05) is 16.5 Å². The SMILES string of the molecule is O=C(C(=O)c1ccccc1C=S)c1ccccc1. The summed E-state index contributed by atoms with van der Waals surface area (Å²) in [6.45, 7) is 0. The fourth-order valence-electron chi connectivity index (χ4n) is 1.65. The smallest absolute Gasteiger partial charge is 0.234 e. The lowest BCUT2D eigenvalue weighted by Crippen LogP contribution is -2.16. The topological polar surface area (TPSA) is 34.1 Å². The molecule has 0 radical (unpaired) electrons. The van der Waals surface area contributed by atoms with Crippen LogP contribution in [-0.4, -0.2) is 16.9 Å². The molecule has 0 aliphatic carbocycles. The number of hydrogen-bond donors (Lipinski definition) is 0. The first kappa shape index (κ1) is 12.3. The van der Waals surface area contributed by atoms with E-state index in [1.807, 2.05) is 0 Å². The number of hydrogen-bond acceptors (Lipinski definition) is 3. The van der Waals surface area contributed by atoms with E-state index in [1.54, 1.807) is 54.6 Å². The number of carbonyl (C=O) groups is 2. The average Bonchev–Trinajstić information content (AvgIpc) is 2.46. The van der Waals surface area contributed by atoms with Crippen molar-refractivity contribution in [2.45, 2.75) is 0 Å². The molecule has 0 saturated carbocycles. The van der Waals surface area contributed by atoms with E-state index in [9.17, 15) is 9.59 Å². The monoisotopic (exact) mass is 254 g/mol. The van der Waals surface area contributed by atoms with Gasteiger partial charge in [-0.15, -0.1) is 0 Å². The summed E-state index contributed by atoms with van der Waals surface area (Å²) in [7, 11) is 0. The number of thiocarbonyl (C=S) groups is 1. The second-order valence-corrected chi connectivity index (χ2v) is 3.97. The molecule has 0 unspecified atom stereocenters. The molecule has 2 nitrogen and oxygen atoms in total. The van der Waals surface area contributed by atoms with Gasteiger partial charge in [0.25, 0.3) is 0 Å². The Labute approximate surface area is 110 Å². The van der Waals surface area contributed by atoms with Gasteiger partial charge in [-0.1, -0.05) is 66.8 Å². The fraction of sp³-hybridized carbons (Fsp3) is 0. The molecule has 2 aromatic rings. The van der Waals surface area contributed by atoms with E-state index in [2.05, 4.69) is 0 Å². The first-order valence-electron chi connectivity index (χ1n) is 5.42. The van der Waals surface area contributed by atoms with Crippen molar-refractivity contribution in [3.63, 3.8) is 0 Å². The van der Waals surface area contributed by atoms with Crippen LogP contribution in [0.4, 0.5) is 0 Å². The number of ketones is 2. The van der Waals surface area contributed by atoms with Crippen LogP contribution in [0.3, 0.4) is 0 Å². The maximum absolute atomic E-state index is 12.1. The summed E-state index contributed by atoms with van der Waals surface area (Å²) in [5, 5.41) is 1.41. The van der Waals surface area contributed by atoms with Gasteiger partial charge in [0.2, 0.25) is 11.6 Å². The van der Waals surface area contributed by atoms with Crippen LogP contribution >= 0.6 is 12.2 Å². The van der Waals surface area contributed by atoms with Crippen LogP contribution in [0.15, 0.2) is 54.6 Å². The van der Waals surface area contributed by atoms with Gasteiger partial charge in [-0.2, -0.15) is 0 Å². The molecule has 18 heavy (non-hydrogen) atoms. The van der Waals surface area contributed by atoms with Crippen LogP contribution in [0, 0.1) is 0 Å². The summed E-state index contributed by atoms with van der Waals surface area (Å²) in [6.07, 6.45) is 0. The standard InChI is InChI=1S/C15H10O2S/c16-14(11-6-2-1-3-7-11)15(17)13-9-5-4-8-12(13)10-18/h1-10H. The third-order valence-electron chi connectivity index (χ3n) is 2.57. The van der Waals surface area contributed by atoms with Crippen molar-refractivity contribution in [3.05, 3.63) is 71.3 Å². The van der Waals surface area contributed by atoms with Gasteiger partial charge in [0.15, 0.2) is 0 Å². The highest BCUT2D eigenvalue weighted by Gasteiger charge is 2.19. The van der Waals surface area contributed by atoms with E-state index in [4.69, 9.17) is 12.2 Å². The molecule has 0 fully saturated rings. The summed E-state index contributed by atoms with van der Waals surface area (Å²) in [6, 6.07) is 15.3. The molecule has 0 bridgehead atoms. The lowest BCUT2D eigenvalue weighted by molar-refractivity contribution is 0.0817. The van der Waals surface area contributed by atoms with Crippen molar-refractivity contribution in [2.75, 3.05) is 0 Å². The van der Waals surface area contributed by atoms with Gasteiger partial charge in [0.1, 0.15) is 0 Å². The maximum atomic E-state index is 12.1. The lowest BCUT2D eigenvalue weighted by Gasteiger charge is -2.03. The summed E-state index contributed by atoms with van der Waals surface area (Å²) in [4.78, 5) is 24.1. The Balaban J connectivity index is 2.38. The number of benzene rings is 2. The summed E-state index contributed by atoms with van der Waals surface area (Å²) < 4.78 is 0. The Morgan fingerprint density at radius 1 is 0.833 bits per heavy atom. The molecule has 3 heteroatoms. The third kappa shape index (κ3) is 2.41. The molecule has 0 amide bonds. The van der Waals surface area contributed by atoms with Crippen molar-refractivity contribution in [1.29, 1.82) is 0 Å². The van der Waals surface area contributed by atoms with Crippen molar-refractivity contribution in [2.24, 2.45) is 0 Å². The van der Waals surface area contributed by atoms with Crippen LogP contribution in [-0.2, 0) is 0 Å². The van der Waals surface area contributed by atoms with Gasteiger partial charge in [-0.25, -0.2) is 0 Å². The minimum Gasteiger partial charge on any atom is -0.285 e. The number of carbonyl (C=O) groups excluding carboxylic acids is 2. The average molecular weight is 254 g/mol. The predicted octanol–water partition coefficient (Wildman–Crippen LogP) is 3.10. The number of Topliss-reactive ketones (excluding diaryl/α,β-unsaturated/α-hetero) is 2. The highest BCUT2D eigenvalue weighted by molar-refractivity contribution is 7.79.